The van der Waals surface area contributed by atoms with Crippen LogP contribution in [0.2, 0.25) is 0 Å². The Hall–Kier alpha value is -1.29. The van der Waals surface area contributed by atoms with Crippen molar-refractivity contribution in [1.29, 1.82) is 0 Å². The van der Waals surface area contributed by atoms with Crippen LogP contribution in [0, 0.1) is 13.8 Å². The zero-order chi connectivity index (χ0) is 12.6. The number of methoxy groups -OCH3 is 1. The number of halogens is 1. The first-order valence-corrected chi connectivity index (χ1v) is 6.16. The van der Waals surface area contributed by atoms with Gasteiger partial charge in [-0.2, -0.15) is 0 Å². The highest BCUT2D eigenvalue weighted by atomic mass is 79.9. The summed E-state index contributed by atoms with van der Waals surface area (Å²) in [6, 6.07) is 4.16. The lowest BCUT2D eigenvalue weighted by Gasteiger charge is -2.10. The highest BCUT2D eigenvalue weighted by Gasteiger charge is 2.13. The maximum Gasteiger partial charge on any atom is 0.122 e. The standard InChI is InChI=1S/C13H15BrN2O/c1-8-6-11(17-4)9(2)5-10(8)12-13(14)16(3)7-15-12/h5-7H,1-4H3. The average Bonchev–Trinajstić information content (AvgIpc) is 2.63. The summed E-state index contributed by atoms with van der Waals surface area (Å²) in [5, 5.41) is 0. The first kappa shape index (κ1) is 12.2. The van der Waals surface area contributed by atoms with Crippen molar-refractivity contribution < 1.29 is 4.74 Å². The van der Waals surface area contributed by atoms with Crippen LogP contribution in [0.1, 0.15) is 11.1 Å². The van der Waals surface area contributed by atoms with Gasteiger partial charge >= 0.3 is 0 Å². The summed E-state index contributed by atoms with van der Waals surface area (Å²) in [5.74, 6) is 0.915. The summed E-state index contributed by atoms with van der Waals surface area (Å²) < 4.78 is 8.26. The van der Waals surface area contributed by atoms with Crippen LogP contribution in [-0.2, 0) is 7.05 Å². The summed E-state index contributed by atoms with van der Waals surface area (Å²) in [5.41, 5.74) is 4.38. The smallest absolute Gasteiger partial charge is 0.122 e. The summed E-state index contributed by atoms with van der Waals surface area (Å²) in [6.07, 6.45) is 1.80. The molecule has 0 atom stereocenters. The van der Waals surface area contributed by atoms with Crippen LogP contribution >= 0.6 is 15.9 Å². The molecular weight excluding hydrogens is 280 g/mol. The minimum Gasteiger partial charge on any atom is -0.496 e. The molecule has 0 unspecified atom stereocenters. The van der Waals surface area contributed by atoms with E-state index in [1.54, 1.807) is 13.4 Å². The third-order valence-corrected chi connectivity index (χ3v) is 3.80. The Morgan fingerprint density at radius 1 is 1.24 bits per heavy atom. The van der Waals surface area contributed by atoms with Gasteiger partial charge in [0.1, 0.15) is 16.0 Å². The van der Waals surface area contributed by atoms with E-state index >= 15 is 0 Å². The molecule has 0 amide bonds. The van der Waals surface area contributed by atoms with E-state index in [9.17, 15) is 0 Å². The van der Waals surface area contributed by atoms with E-state index in [0.29, 0.717) is 0 Å². The Morgan fingerprint density at radius 2 is 1.94 bits per heavy atom. The molecule has 0 aliphatic rings. The van der Waals surface area contributed by atoms with Gasteiger partial charge in [-0.25, -0.2) is 4.98 Å². The van der Waals surface area contributed by atoms with Gasteiger partial charge in [-0.15, -0.1) is 0 Å². The average molecular weight is 295 g/mol. The summed E-state index contributed by atoms with van der Waals surface area (Å²) in [6.45, 7) is 4.11. The van der Waals surface area contributed by atoms with E-state index in [-0.39, 0.29) is 0 Å². The Balaban J connectivity index is 2.60. The lowest BCUT2D eigenvalue weighted by Crippen LogP contribution is -1.92. The van der Waals surface area contributed by atoms with E-state index < -0.39 is 0 Å². The van der Waals surface area contributed by atoms with E-state index in [1.807, 2.05) is 24.6 Å². The molecule has 90 valence electrons. The minimum absolute atomic E-state index is 0.915. The highest BCUT2D eigenvalue weighted by molar-refractivity contribution is 9.10. The molecule has 1 aromatic heterocycles. The maximum absolute atomic E-state index is 5.31. The molecule has 0 saturated carbocycles. The maximum atomic E-state index is 5.31. The number of benzene rings is 1. The van der Waals surface area contributed by atoms with Crippen molar-refractivity contribution >= 4 is 15.9 Å². The first-order chi connectivity index (χ1) is 8.04. The third kappa shape index (κ3) is 2.09. The van der Waals surface area contributed by atoms with Crippen LogP contribution in [-0.4, -0.2) is 16.7 Å². The Morgan fingerprint density at radius 3 is 2.47 bits per heavy atom. The van der Waals surface area contributed by atoms with Gasteiger partial charge in [0.05, 0.1) is 13.4 Å². The molecular formula is C13H15BrN2O. The van der Waals surface area contributed by atoms with Gasteiger partial charge in [0.15, 0.2) is 0 Å². The number of rotatable bonds is 2. The SMILES string of the molecule is COc1cc(C)c(-c2ncn(C)c2Br)cc1C. The molecule has 1 aromatic carbocycles. The topological polar surface area (TPSA) is 27.1 Å². The first-order valence-electron chi connectivity index (χ1n) is 5.37. The van der Waals surface area contributed by atoms with Crippen molar-refractivity contribution in [2.75, 3.05) is 7.11 Å². The van der Waals surface area contributed by atoms with E-state index in [0.717, 1.165) is 32.7 Å². The minimum atomic E-state index is 0.915. The van der Waals surface area contributed by atoms with E-state index in [4.69, 9.17) is 4.74 Å². The largest absolute Gasteiger partial charge is 0.496 e. The molecule has 0 aliphatic heterocycles. The predicted octanol–water partition coefficient (Wildman–Crippen LogP) is 3.48. The second-order valence-electron chi connectivity index (χ2n) is 4.13. The predicted molar refractivity (Wildman–Crippen MR) is 72.4 cm³/mol. The van der Waals surface area contributed by atoms with Crippen LogP contribution in [0.3, 0.4) is 0 Å². The molecule has 17 heavy (non-hydrogen) atoms. The van der Waals surface area contributed by atoms with Crippen LogP contribution in [0.25, 0.3) is 11.3 Å². The fourth-order valence-corrected chi connectivity index (χ4v) is 2.27. The van der Waals surface area contributed by atoms with Gasteiger partial charge in [-0.05, 0) is 53.0 Å². The molecule has 3 nitrogen and oxygen atoms in total. The normalized spacial score (nSPS) is 10.6. The van der Waals surface area contributed by atoms with Gasteiger partial charge < -0.3 is 9.30 Å². The Bertz CT molecular complexity index is 561. The fourth-order valence-electron chi connectivity index (χ4n) is 1.86. The zero-order valence-electron chi connectivity index (χ0n) is 10.4. The molecule has 2 rings (SSSR count). The van der Waals surface area contributed by atoms with Crippen LogP contribution in [0.15, 0.2) is 23.1 Å². The molecule has 0 spiro atoms. The van der Waals surface area contributed by atoms with Gasteiger partial charge in [0.25, 0.3) is 0 Å². The van der Waals surface area contributed by atoms with Crippen LogP contribution < -0.4 is 4.74 Å². The number of hydrogen-bond acceptors (Lipinski definition) is 2. The molecule has 0 fully saturated rings. The van der Waals surface area contributed by atoms with Gasteiger partial charge in [0.2, 0.25) is 0 Å². The van der Waals surface area contributed by atoms with E-state index in [2.05, 4.69) is 33.9 Å². The lowest BCUT2D eigenvalue weighted by molar-refractivity contribution is 0.411. The lowest BCUT2D eigenvalue weighted by atomic mass is 10.0. The quantitative estimate of drug-likeness (QED) is 0.848. The zero-order valence-corrected chi connectivity index (χ0v) is 12.0. The molecule has 0 radical (unpaired) electrons. The van der Waals surface area contributed by atoms with Crippen LogP contribution in [0.4, 0.5) is 0 Å². The number of aromatic nitrogens is 2. The van der Waals surface area contributed by atoms with Crippen molar-refractivity contribution in [3.63, 3.8) is 0 Å². The second-order valence-corrected chi connectivity index (χ2v) is 4.88. The molecule has 0 aliphatic carbocycles. The number of nitrogens with zero attached hydrogens (tertiary/aromatic N) is 2. The monoisotopic (exact) mass is 294 g/mol. The van der Waals surface area contributed by atoms with Crippen molar-refractivity contribution in [3.05, 3.63) is 34.2 Å². The molecule has 0 saturated heterocycles. The van der Waals surface area contributed by atoms with E-state index in [1.165, 1.54) is 0 Å². The van der Waals surface area contributed by atoms with Gasteiger partial charge in [-0.1, -0.05) is 0 Å². The van der Waals surface area contributed by atoms with Crippen molar-refractivity contribution in [3.8, 4) is 17.0 Å². The number of hydrogen-bond donors (Lipinski definition) is 0. The van der Waals surface area contributed by atoms with Crippen LogP contribution in [0.5, 0.6) is 5.75 Å². The van der Waals surface area contributed by atoms with Crippen molar-refractivity contribution in [1.82, 2.24) is 9.55 Å². The molecule has 4 heteroatoms. The summed E-state index contributed by atoms with van der Waals surface area (Å²) >= 11 is 3.55. The Labute approximate surface area is 110 Å². The van der Waals surface area contributed by atoms with Crippen molar-refractivity contribution in [2.24, 2.45) is 7.05 Å². The highest BCUT2D eigenvalue weighted by Crippen LogP contribution is 2.32. The summed E-state index contributed by atoms with van der Waals surface area (Å²) in [7, 11) is 3.66. The third-order valence-electron chi connectivity index (χ3n) is 2.86. The molecule has 0 N–H and O–H groups in total. The second kappa shape index (κ2) is 4.53. The van der Waals surface area contributed by atoms with Gasteiger partial charge in [-0.3, -0.25) is 0 Å². The Kier molecular flexibility index (Phi) is 3.24. The molecule has 0 bridgehead atoms. The molecule has 2 aromatic rings. The fraction of sp³-hybridized carbons (Fsp3) is 0.308. The number of ether oxygens (including phenoxy) is 1. The van der Waals surface area contributed by atoms with Crippen molar-refractivity contribution in [2.45, 2.75) is 13.8 Å². The van der Waals surface area contributed by atoms with Gasteiger partial charge in [0, 0.05) is 12.6 Å². The molecule has 1 heterocycles. The number of aryl methyl sites for hydroxylation is 3. The summed E-state index contributed by atoms with van der Waals surface area (Å²) in [4.78, 5) is 4.42. The number of imidazole rings is 1.